The van der Waals surface area contributed by atoms with E-state index < -0.39 is 0 Å². The summed E-state index contributed by atoms with van der Waals surface area (Å²) in [5.74, 6) is 2.54. The molecule has 0 aliphatic heterocycles. The van der Waals surface area contributed by atoms with E-state index in [1.165, 1.54) is 0 Å². The van der Waals surface area contributed by atoms with Gasteiger partial charge in [-0.15, -0.1) is 12.4 Å². The smallest absolute Gasteiger partial charge is 0.119 e. The Bertz CT molecular complexity index is 335. The molecule has 20 heavy (non-hydrogen) atoms. The predicted octanol–water partition coefficient (Wildman–Crippen LogP) is 3.70. The van der Waals surface area contributed by atoms with Crippen molar-refractivity contribution in [2.75, 3.05) is 19.0 Å². The summed E-state index contributed by atoms with van der Waals surface area (Å²) in [4.78, 5) is 0. The van der Waals surface area contributed by atoms with Gasteiger partial charge in [-0.05, 0) is 49.9 Å². The maximum absolute atomic E-state index is 5.79. The van der Waals surface area contributed by atoms with Gasteiger partial charge in [0.05, 0.1) is 13.2 Å². The number of benzene rings is 1. The van der Waals surface area contributed by atoms with Crippen molar-refractivity contribution < 1.29 is 9.47 Å². The van der Waals surface area contributed by atoms with Crippen LogP contribution in [0.2, 0.25) is 0 Å². The van der Waals surface area contributed by atoms with E-state index in [2.05, 4.69) is 19.6 Å². The highest BCUT2D eigenvalue weighted by Gasteiger charge is 2.00. The van der Waals surface area contributed by atoms with Crippen LogP contribution in [-0.4, -0.2) is 25.0 Å². The molecule has 0 aromatic heterocycles. The molecule has 116 valence electrons. The van der Waals surface area contributed by atoms with Crippen LogP contribution in [0.15, 0.2) is 24.3 Å². The number of hydrogen-bond donors (Lipinski definition) is 2. The maximum atomic E-state index is 5.79. The van der Waals surface area contributed by atoms with Crippen LogP contribution in [0.4, 0.5) is 0 Å². The van der Waals surface area contributed by atoms with Gasteiger partial charge < -0.3 is 15.2 Å². The fraction of sp³-hybridized carbons (Fsp3) is 0.600. The van der Waals surface area contributed by atoms with E-state index in [1.54, 1.807) is 0 Å². The molecular formula is C15H26ClNO2S. The Morgan fingerprint density at radius 1 is 1.05 bits per heavy atom. The quantitative estimate of drug-likeness (QED) is 0.510. The summed E-state index contributed by atoms with van der Waals surface area (Å²) < 4.78 is 11.2. The van der Waals surface area contributed by atoms with Crippen LogP contribution in [0, 0.1) is 0 Å². The zero-order valence-electron chi connectivity index (χ0n) is 12.1. The van der Waals surface area contributed by atoms with E-state index in [-0.39, 0.29) is 18.4 Å². The van der Waals surface area contributed by atoms with E-state index in [9.17, 15) is 0 Å². The first-order valence-electron chi connectivity index (χ1n) is 6.98. The third-order valence-corrected chi connectivity index (χ3v) is 3.24. The highest BCUT2D eigenvalue weighted by molar-refractivity contribution is 7.80. The Balaban J connectivity index is 0.00000361. The minimum Gasteiger partial charge on any atom is -0.494 e. The molecule has 0 heterocycles. The third-order valence-electron chi connectivity index (χ3n) is 2.77. The summed E-state index contributed by atoms with van der Waals surface area (Å²) in [6.45, 7) is 3.58. The van der Waals surface area contributed by atoms with Gasteiger partial charge in [0.15, 0.2) is 0 Å². The van der Waals surface area contributed by atoms with Crippen LogP contribution >= 0.6 is 25.0 Å². The van der Waals surface area contributed by atoms with Crippen LogP contribution < -0.4 is 15.2 Å². The van der Waals surface area contributed by atoms with E-state index in [0.29, 0.717) is 0 Å². The molecule has 0 unspecified atom stereocenters. The van der Waals surface area contributed by atoms with Crippen molar-refractivity contribution in [3.8, 4) is 11.5 Å². The Morgan fingerprint density at radius 3 is 2.10 bits per heavy atom. The zero-order valence-corrected chi connectivity index (χ0v) is 13.8. The highest BCUT2D eigenvalue weighted by Crippen LogP contribution is 2.18. The van der Waals surface area contributed by atoms with Crippen LogP contribution in [0.5, 0.6) is 11.5 Å². The Hall–Kier alpha value is -0.580. The van der Waals surface area contributed by atoms with Gasteiger partial charge in [-0.3, -0.25) is 0 Å². The van der Waals surface area contributed by atoms with E-state index in [4.69, 9.17) is 15.2 Å². The molecule has 1 aromatic carbocycles. The lowest BCUT2D eigenvalue weighted by atomic mass is 10.1. The van der Waals surface area contributed by atoms with Gasteiger partial charge in [0.25, 0.3) is 0 Å². The van der Waals surface area contributed by atoms with Crippen molar-refractivity contribution in [3.63, 3.8) is 0 Å². The number of unbranched alkanes of at least 4 members (excludes halogenated alkanes) is 1. The normalized spacial score (nSPS) is 11.6. The van der Waals surface area contributed by atoms with Crippen molar-refractivity contribution in [2.45, 2.75) is 38.6 Å². The number of nitrogens with two attached hydrogens (primary N) is 1. The zero-order chi connectivity index (χ0) is 13.9. The highest BCUT2D eigenvalue weighted by atomic mass is 35.5. The SMILES string of the molecule is CCCOc1ccc(OCCCC[C@H](N)CS)cc1.Cl. The largest absolute Gasteiger partial charge is 0.494 e. The molecule has 5 heteroatoms. The van der Waals surface area contributed by atoms with Crippen LogP contribution in [0.25, 0.3) is 0 Å². The van der Waals surface area contributed by atoms with Gasteiger partial charge in [-0.1, -0.05) is 6.92 Å². The Labute approximate surface area is 134 Å². The molecule has 0 radical (unpaired) electrons. The fourth-order valence-corrected chi connectivity index (χ4v) is 1.82. The summed E-state index contributed by atoms with van der Waals surface area (Å²) in [6.07, 6.45) is 4.14. The molecule has 0 fully saturated rings. The second kappa shape index (κ2) is 12.2. The second-order valence-corrected chi connectivity index (χ2v) is 4.97. The lowest BCUT2D eigenvalue weighted by molar-refractivity contribution is 0.300. The van der Waals surface area contributed by atoms with Gasteiger partial charge in [0.2, 0.25) is 0 Å². The molecule has 0 saturated carbocycles. The second-order valence-electron chi connectivity index (χ2n) is 4.61. The van der Waals surface area contributed by atoms with E-state index in [1.807, 2.05) is 24.3 Å². The molecule has 1 rings (SSSR count). The summed E-state index contributed by atoms with van der Waals surface area (Å²) in [6, 6.07) is 8.00. The number of hydrogen-bond acceptors (Lipinski definition) is 4. The topological polar surface area (TPSA) is 44.5 Å². The molecular weight excluding hydrogens is 294 g/mol. The number of thiol groups is 1. The monoisotopic (exact) mass is 319 g/mol. The summed E-state index contributed by atoms with van der Waals surface area (Å²) in [7, 11) is 0. The van der Waals surface area contributed by atoms with Gasteiger partial charge >= 0.3 is 0 Å². The molecule has 2 N–H and O–H groups in total. The molecule has 0 aliphatic rings. The standard InChI is InChI=1S/C15H25NO2S.ClH/c1-2-10-17-14-6-8-15(9-7-14)18-11-4-3-5-13(16)12-19;/h6-9,13,19H,2-5,10-12,16H2,1H3;1H/t13-;/m0./s1. The predicted molar refractivity (Wildman–Crippen MR) is 90.7 cm³/mol. The molecule has 0 aliphatic carbocycles. The van der Waals surface area contributed by atoms with Gasteiger partial charge in [-0.25, -0.2) is 0 Å². The first kappa shape index (κ1) is 19.4. The first-order chi connectivity index (χ1) is 9.26. The molecule has 0 saturated heterocycles. The summed E-state index contributed by atoms with van der Waals surface area (Å²) >= 11 is 4.16. The molecule has 1 aromatic rings. The van der Waals surface area contributed by atoms with Crippen LogP contribution in [-0.2, 0) is 0 Å². The molecule has 1 atom stereocenters. The maximum Gasteiger partial charge on any atom is 0.119 e. The lowest BCUT2D eigenvalue weighted by Crippen LogP contribution is -2.21. The Kier molecular flexibility index (Phi) is 11.8. The average Bonchev–Trinajstić information content (AvgIpc) is 2.45. The van der Waals surface area contributed by atoms with Crippen molar-refractivity contribution in [3.05, 3.63) is 24.3 Å². The van der Waals surface area contributed by atoms with E-state index in [0.717, 1.165) is 56.1 Å². The molecule has 0 spiro atoms. The minimum absolute atomic E-state index is 0. The van der Waals surface area contributed by atoms with Crippen LogP contribution in [0.1, 0.15) is 32.6 Å². The third kappa shape index (κ3) is 8.56. The molecule has 3 nitrogen and oxygen atoms in total. The van der Waals surface area contributed by atoms with Crippen LogP contribution in [0.3, 0.4) is 0 Å². The summed E-state index contributed by atoms with van der Waals surface area (Å²) in [5.41, 5.74) is 5.79. The minimum atomic E-state index is 0. The van der Waals surface area contributed by atoms with Crippen molar-refractivity contribution >= 4 is 25.0 Å². The lowest BCUT2D eigenvalue weighted by Gasteiger charge is -2.09. The van der Waals surface area contributed by atoms with Gasteiger partial charge in [0.1, 0.15) is 11.5 Å². The first-order valence-corrected chi connectivity index (χ1v) is 7.61. The molecule has 0 bridgehead atoms. The average molecular weight is 320 g/mol. The number of halogens is 1. The number of rotatable bonds is 10. The summed E-state index contributed by atoms with van der Waals surface area (Å²) in [5, 5.41) is 0. The van der Waals surface area contributed by atoms with Crippen molar-refractivity contribution in [1.82, 2.24) is 0 Å². The van der Waals surface area contributed by atoms with Crippen molar-refractivity contribution in [2.24, 2.45) is 5.73 Å². The number of ether oxygens (including phenoxy) is 2. The molecule has 0 amide bonds. The van der Waals surface area contributed by atoms with Gasteiger partial charge in [0, 0.05) is 11.8 Å². The fourth-order valence-electron chi connectivity index (χ4n) is 1.64. The van der Waals surface area contributed by atoms with Crippen molar-refractivity contribution in [1.29, 1.82) is 0 Å². The van der Waals surface area contributed by atoms with E-state index >= 15 is 0 Å². The Morgan fingerprint density at radius 2 is 1.60 bits per heavy atom. The van der Waals surface area contributed by atoms with Gasteiger partial charge in [-0.2, -0.15) is 12.6 Å².